The zero-order valence-electron chi connectivity index (χ0n) is 6.51. The highest BCUT2D eigenvalue weighted by Crippen LogP contribution is 2.25. The number of hydrogen-bond donors (Lipinski definition) is 2. The Morgan fingerprint density at radius 2 is 1.85 bits per heavy atom. The first-order valence-corrected chi connectivity index (χ1v) is 3.58. The number of para-hydroxylation sites is 1. The number of oxime groups is 2. The first-order valence-electron chi connectivity index (χ1n) is 3.58. The van der Waals surface area contributed by atoms with E-state index < -0.39 is 0 Å². The van der Waals surface area contributed by atoms with Crippen LogP contribution < -0.4 is 4.74 Å². The van der Waals surface area contributed by atoms with Crippen molar-refractivity contribution in [3.8, 4) is 5.75 Å². The normalized spacial score (nSPS) is 20.3. The average molecular weight is 178 g/mol. The predicted molar refractivity (Wildman–Crippen MR) is 44.6 cm³/mol. The molecule has 1 aliphatic heterocycles. The number of nitrogens with zero attached hydrogens (tertiary/aromatic N) is 2. The molecule has 2 N–H and O–H groups in total. The molecule has 2 rings (SSSR count). The van der Waals surface area contributed by atoms with Crippen molar-refractivity contribution in [1.29, 1.82) is 0 Å². The third-order valence-corrected chi connectivity index (χ3v) is 1.74. The van der Waals surface area contributed by atoms with Crippen LogP contribution in [0.15, 0.2) is 34.6 Å². The summed E-state index contributed by atoms with van der Waals surface area (Å²) in [5, 5.41) is 23.0. The van der Waals surface area contributed by atoms with E-state index in [2.05, 4.69) is 10.3 Å². The van der Waals surface area contributed by atoms with Gasteiger partial charge in [0.1, 0.15) is 5.75 Å². The number of benzene rings is 1. The Labute approximate surface area is 73.6 Å². The second-order valence-corrected chi connectivity index (χ2v) is 2.45. The van der Waals surface area contributed by atoms with Crippen LogP contribution in [0.4, 0.5) is 0 Å². The van der Waals surface area contributed by atoms with Gasteiger partial charge in [-0.05, 0) is 17.3 Å². The van der Waals surface area contributed by atoms with Gasteiger partial charge in [-0.2, -0.15) is 0 Å². The molecule has 0 atom stereocenters. The van der Waals surface area contributed by atoms with Crippen molar-refractivity contribution in [2.45, 2.75) is 0 Å². The standard InChI is InChI=1S/C8H6N2O3/c11-9-7-5-3-1-2-4-6(5)13-8(7)10-12/h1-4,11-12H. The lowest BCUT2D eigenvalue weighted by atomic mass is 10.1. The van der Waals surface area contributed by atoms with Gasteiger partial charge in [-0.3, -0.25) is 0 Å². The van der Waals surface area contributed by atoms with E-state index in [4.69, 9.17) is 15.2 Å². The second-order valence-electron chi connectivity index (χ2n) is 2.45. The maximum Gasteiger partial charge on any atom is 0.285 e. The topological polar surface area (TPSA) is 74.4 Å². The molecular weight excluding hydrogens is 172 g/mol. The zero-order valence-corrected chi connectivity index (χ0v) is 6.51. The number of fused-ring (bicyclic) bond motifs is 1. The van der Waals surface area contributed by atoms with Crippen LogP contribution in [-0.4, -0.2) is 22.0 Å². The Hall–Kier alpha value is -2.04. The largest absolute Gasteiger partial charge is 0.434 e. The van der Waals surface area contributed by atoms with E-state index in [0.29, 0.717) is 11.3 Å². The minimum atomic E-state index is -0.0938. The molecule has 0 bridgehead atoms. The summed E-state index contributed by atoms with van der Waals surface area (Å²) in [6, 6.07) is 6.95. The number of hydrogen-bond acceptors (Lipinski definition) is 5. The Kier molecular flexibility index (Phi) is 1.63. The Morgan fingerprint density at radius 3 is 2.54 bits per heavy atom. The minimum Gasteiger partial charge on any atom is -0.434 e. The van der Waals surface area contributed by atoms with Gasteiger partial charge in [-0.25, -0.2) is 0 Å². The van der Waals surface area contributed by atoms with E-state index in [-0.39, 0.29) is 11.6 Å². The monoisotopic (exact) mass is 178 g/mol. The SMILES string of the molecule is ON=C1Oc2ccccc2C1=NO. The molecule has 0 fully saturated rings. The van der Waals surface area contributed by atoms with Crippen LogP contribution in [0.25, 0.3) is 0 Å². The molecule has 5 heteroatoms. The van der Waals surface area contributed by atoms with Crippen LogP contribution in [-0.2, 0) is 0 Å². The minimum absolute atomic E-state index is 0.0938. The predicted octanol–water partition coefficient (Wildman–Crippen LogP) is 1.04. The molecule has 1 aliphatic rings. The van der Waals surface area contributed by atoms with Crippen molar-refractivity contribution in [2.75, 3.05) is 0 Å². The van der Waals surface area contributed by atoms with Crippen LogP contribution >= 0.6 is 0 Å². The third kappa shape index (κ3) is 1.01. The summed E-state index contributed by atoms with van der Waals surface area (Å²) in [6.07, 6.45) is 0. The van der Waals surface area contributed by atoms with Gasteiger partial charge in [-0.1, -0.05) is 17.3 Å². The van der Waals surface area contributed by atoms with E-state index in [1.165, 1.54) is 0 Å². The molecule has 13 heavy (non-hydrogen) atoms. The first-order chi connectivity index (χ1) is 6.36. The van der Waals surface area contributed by atoms with Crippen molar-refractivity contribution < 1.29 is 15.2 Å². The van der Waals surface area contributed by atoms with Crippen molar-refractivity contribution in [3.63, 3.8) is 0 Å². The van der Waals surface area contributed by atoms with E-state index in [9.17, 15) is 0 Å². The lowest BCUT2D eigenvalue weighted by Crippen LogP contribution is -2.13. The van der Waals surface area contributed by atoms with Gasteiger partial charge in [0.05, 0.1) is 5.56 Å². The highest BCUT2D eigenvalue weighted by Gasteiger charge is 2.27. The summed E-state index contributed by atoms with van der Waals surface area (Å²) in [5.74, 6) is 0.423. The molecule has 1 aromatic rings. The van der Waals surface area contributed by atoms with Gasteiger partial charge in [0, 0.05) is 0 Å². The fourth-order valence-corrected chi connectivity index (χ4v) is 1.18. The quantitative estimate of drug-likeness (QED) is 0.460. The van der Waals surface area contributed by atoms with E-state index in [0.717, 1.165) is 0 Å². The molecule has 0 radical (unpaired) electrons. The van der Waals surface area contributed by atoms with Crippen LogP contribution in [0.2, 0.25) is 0 Å². The van der Waals surface area contributed by atoms with Gasteiger partial charge in [-0.15, -0.1) is 0 Å². The van der Waals surface area contributed by atoms with Crippen molar-refractivity contribution in [3.05, 3.63) is 29.8 Å². The van der Waals surface area contributed by atoms with Crippen molar-refractivity contribution in [2.24, 2.45) is 10.3 Å². The summed E-state index contributed by atoms with van der Waals surface area (Å²) >= 11 is 0. The van der Waals surface area contributed by atoms with Crippen LogP contribution in [0.1, 0.15) is 5.56 Å². The molecule has 0 spiro atoms. The summed E-state index contributed by atoms with van der Waals surface area (Å²) in [5.41, 5.74) is 0.746. The van der Waals surface area contributed by atoms with Crippen LogP contribution in [0, 0.1) is 0 Å². The fourth-order valence-electron chi connectivity index (χ4n) is 1.18. The maximum absolute atomic E-state index is 8.63. The number of ether oxygens (including phenoxy) is 1. The molecule has 0 amide bonds. The Balaban J connectivity index is 2.59. The van der Waals surface area contributed by atoms with Gasteiger partial charge < -0.3 is 15.2 Å². The van der Waals surface area contributed by atoms with Crippen LogP contribution in [0.3, 0.4) is 0 Å². The molecule has 5 nitrogen and oxygen atoms in total. The summed E-state index contributed by atoms with van der Waals surface area (Å²) in [4.78, 5) is 0. The molecule has 0 aromatic heterocycles. The first kappa shape index (κ1) is 7.60. The molecular formula is C8H6N2O3. The summed E-state index contributed by atoms with van der Waals surface area (Å²) < 4.78 is 5.07. The van der Waals surface area contributed by atoms with Crippen LogP contribution in [0.5, 0.6) is 5.75 Å². The molecule has 0 aliphatic carbocycles. The van der Waals surface area contributed by atoms with E-state index in [1.54, 1.807) is 24.3 Å². The van der Waals surface area contributed by atoms with Crippen molar-refractivity contribution in [1.82, 2.24) is 0 Å². The summed E-state index contributed by atoms with van der Waals surface area (Å²) in [7, 11) is 0. The third-order valence-electron chi connectivity index (χ3n) is 1.74. The molecule has 1 aromatic carbocycles. The zero-order chi connectivity index (χ0) is 9.26. The van der Waals surface area contributed by atoms with Gasteiger partial charge >= 0.3 is 0 Å². The highest BCUT2D eigenvalue weighted by molar-refractivity contribution is 6.48. The molecule has 0 saturated heterocycles. The Bertz CT molecular complexity index is 398. The number of rotatable bonds is 0. The molecule has 0 unspecified atom stereocenters. The van der Waals surface area contributed by atoms with Gasteiger partial charge in [0.25, 0.3) is 5.90 Å². The van der Waals surface area contributed by atoms with E-state index >= 15 is 0 Å². The lowest BCUT2D eigenvalue weighted by Gasteiger charge is -1.92. The van der Waals surface area contributed by atoms with Crippen molar-refractivity contribution >= 4 is 11.6 Å². The fraction of sp³-hybridized carbons (Fsp3) is 0. The highest BCUT2D eigenvalue weighted by atomic mass is 16.5. The van der Waals surface area contributed by atoms with E-state index in [1.807, 2.05) is 0 Å². The average Bonchev–Trinajstić information content (AvgIpc) is 2.55. The lowest BCUT2D eigenvalue weighted by molar-refractivity contribution is 0.304. The maximum atomic E-state index is 8.63. The second kappa shape index (κ2) is 2.78. The molecule has 0 saturated carbocycles. The summed E-state index contributed by atoms with van der Waals surface area (Å²) in [6.45, 7) is 0. The Morgan fingerprint density at radius 1 is 1.08 bits per heavy atom. The van der Waals surface area contributed by atoms with Gasteiger partial charge in [0.2, 0.25) is 0 Å². The molecule has 66 valence electrons. The van der Waals surface area contributed by atoms with Gasteiger partial charge in [0.15, 0.2) is 5.71 Å². The smallest absolute Gasteiger partial charge is 0.285 e. The molecule has 1 heterocycles.